The molecule has 11 heteroatoms. The lowest BCUT2D eigenvalue weighted by molar-refractivity contribution is -0.151. The number of likely N-dealkylation sites (tertiary alicyclic amines) is 1. The van der Waals surface area contributed by atoms with Crippen LogP contribution >= 0.6 is 15.9 Å². The molecule has 0 radical (unpaired) electrons. The number of nitrogens with zero attached hydrogens (tertiary/aromatic N) is 2. The van der Waals surface area contributed by atoms with E-state index in [0.29, 0.717) is 32.4 Å². The number of carbonyl (C=O) groups is 4. The Hall–Kier alpha value is -3.02. The number of fused-ring (bicyclic) bond motifs is 1. The first-order chi connectivity index (χ1) is 21.7. The average Bonchev–Trinajstić information content (AvgIpc) is 3.64. The number of amides is 3. The normalized spacial score (nSPS) is 27.9. The third-order valence-corrected chi connectivity index (χ3v) is 10.1. The van der Waals surface area contributed by atoms with Crippen LogP contribution in [0.5, 0.6) is 0 Å². The number of carbonyl (C=O) groups excluding carboxylic acids is 4. The Morgan fingerprint density at radius 1 is 1.24 bits per heavy atom. The van der Waals surface area contributed by atoms with Gasteiger partial charge in [0.25, 0.3) is 0 Å². The number of aliphatic hydroxyl groups is 1. The van der Waals surface area contributed by atoms with Gasteiger partial charge in [0.1, 0.15) is 18.2 Å². The Kier molecular flexibility index (Phi) is 12.0. The number of alkyl halides is 1. The van der Waals surface area contributed by atoms with Gasteiger partial charge in [-0.05, 0) is 31.2 Å². The summed E-state index contributed by atoms with van der Waals surface area (Å²) in [7, 11) is 0. The lowest BCUT2D eigenvalue weighted by Crippen LogP contribution is -2.59. The van der Waals surface area contributed by atoms with Crippen LogP contribution in [-0.2, 0) is 28.7 Å². The van der Waals surface area contributed by atoms with Crippen molar-refractivity contribution in [2.45, 2.75) is 87.0 Å². The number of unbranched alkanes of at least 4 members (excludes halogenated alkanes) is 1. The van der Waals surface area contributed by atoms with E-state index in [0.717, 1.165) is 18.4 Å². The molecule has 4 rings (SSSR count). The minimum atomic E-state index is -1.25. The molecule has 45 heavy (non-hydrogen) atoms. The second-order valence-corrected chi connectivity index (χ2v) is 13.2. The van der Waals surface area contributed by atoms with Crippen molar-refractivity contribution in [3.05, 3.63) is 61.2 Å². The largest absolute Gasteiger partial charge is 0.463 e. The molecule has 3 amide bonds. The summed E-state index contributed by atoms with van der Waals surface area (Å²) in [5.41, 5.74) is -0.505. The molecule has 2 N–H and O–H groups in total. The molecular formula is C34H46BrN3O7. The highest BCUT2D eigenvalue weighted by Crippen LogP contribution is 2.60. The topological polar surface area (TPSA) is 125 Å². The molecule has 2 bridgehead atoms. The number of nitrogens with one attached hydrogen (secondary N) is 1. The zero-order chi connectivity index (χ0) is 32.7. The number of hydrogen-bond donors (Lipinski definition) is 2. The number of halogens is 1. The smallest absolute Gasteiger partial charge is 0.306 e. The fourth-order valence-corrected chi connectivity index (χ4v) is 8.01. The minimum absolute atomic E-state index is 0.0882. The second-order valence-electron chi connectivity index (χ2n) is 12.1. The van der Waals surface area contributed by atoms with Gasteiger partial charge in [-0.15, -0.1) is 13.2 Å². The van der Waals surface area contributed by atoms with Crippen molar-refractivity contribution >= 4 is 39.6 Å². The number of esters is 1. The standard InChI is InChI=1S/C34H46BrN3O7/c1-5-9-16-26(40)44-21-25(22-14-12-11-13-15-22)36-31(41)27-28-32(42)38(23(8-4)20-39)30(34(28)19-24(35)29(27)45-34)33(43)37(17-7-3)18-10-6-2/h5,7,11-15,23-25,27-30,39H,1,3,6,8-10,16-21H2,2,4H3,(H,36,41)/t23-,24?,25-,27-,28+,29-,30-,34+/m0/s1. The van der Waals surface area contributed by atoms with Gasteiger partial charge in [-0.2, -0.15) is 0 Å². The van der Waals surface area contributed by atoms with E-state index < -0.39 is 53.5 Å². The van der Waals surface area contributed by atoms with Crippen LogP contribution in [0.15, 0.2) is 55.6 Å². The van der Waals surface area contributed by atoms with Gasteiger partial charge >= 0.3 is 5.97 Å². The van der Waals surface area contributed by atoms with Crippen molar-refractivity contribution in [3.63, 3.8) is 0 Å². The predicted molar refractivity (Wildman–Crippen MR) is 173 cm³/mol. The number of hydrogen-bond acceptors (Lipinski definition) is 7. The van der Waals surface area contributed by atoms with Crippen LogP contribution in [0.4, 0.5) is 0 Å². The van der Waals surface area contributed by atoms with Crippen LogP contribution in [0.1, 0.15) is 64.0 Å². The summed E-state index contributed by atoms with van der Waals surface area (Å²) in [6.07, 6.45) is 5.76. The highest BCUT2D eigenvalue weighted by Gasteiger charge is 2.77. The van der Waals surface area contributed by atoms with Crippen molar-refractivity contribution in [2.24, 2.45) is 11.8 Å². The predicted octanol–water partition coefficient (Wildman–Crippen LogP) is 3.69. The molecule has 3 saturated heterocycles. The van der Waals surface area contributed by atoms with Gasteiger partial charge in [0, 0.05) is 24.3 Å². The maximum Gasteiger partial charge on any atom is 0.306 e. The minimum Gasteiger partial charge on any atom is -0.463 e. The van der Waals surface area contributed by atoms with Crippen molar-refractivity contribution in [1.29, 1.82) is 0 Å². The zero-order valence-corrected chi connectivity index (χ0v) is 27.8. The maximum atomic E-state index is 14.4. The Morgan fingerprint density at radius 2 is 1.98 bits per heavy atom. The number of allylic oxidation sites excluding steroid dienone is 1. The van der Waals surface area contributed by atoms with E-state index in [1.807, 2.05) is 44.2 Å². The number of ether oxygens (including phenoxy) is 2. The third kappa shape index (κ3) is 6.90. The van der Waals surface area contributed by atoms with E-state index in [4.69, 9.17) is 9.47 Å². The van der Waals surface area contributed by atoms with E-state index in [2.05, 4.69) is 34.4 Å². The molecule has 246 valence electrons. The van der Waals surface area contributed by atoms with Gasteiger partial charge in [-0.25, -0.2) is 0 Å². The van der Waals surface area contributed by atoms with Crippen molar-refractivity contribution in [1.82, 2.24) is 15.1 Å². The van der Waals surface area contributed by atoms with Crippen LogP contribution in [-0.4, -0.2) is 93.5 Å². The van der Waals surface area contributed by atoms with Crippen LogP contribution in [0.2, 0.25) is 0 Å². The summed E-state index contributed by atoms with van der Waals surface area (Å²) >= 11 is 3.72. The van der Waals surface area contributed by atoms with E-state index in [1.165, 1.54) is 4.90 Å². The van der Waals surface area contributed by atoms with Crippen LogP contribution < -0.4 is 5.32 Å². The summed E-state index contributed by atoms with van der Waals surface area (Å²) < 4.78 is 12.2. The molecule has 1 unspecified atom stereocenters. The first kappa shape index (κ1) is 34.8. The summed E-state index contributed by atoms with van der Waals surface area (Å²) in [6, 6.07) is 6.91. The fraction of sp³-hybridized carbons (Fsp3) is 0.588. The number of aliphatic hydroxyl groups excluding tert-OH is 1. The lowest BCUT2D eigenvalue weighted by Gasteiger charge is -2.39. The molecular weight excluding hydrogens is 642 g/mol. The Balaban J connectivity index is 1.68. The molecule has 3 fully saturated rings. The van der Waals surface area contributed by atoms with Crippen LogP contribution in [0.3, 0.4) is 0 Å². The molecule has 0 aliphatic carbocycles. The highest BCUT2D eigenvalue weighted by molar-refractivity contribution is 9.09. The molecule has 8 atom stereocenters. The van der Waals surface area contributed by atoms with Crippen molar-refractivity contribution < 1.29 is 33.8 Å². The van der Waals surface area contributed by atoms with E-state index in [9.17, 15) is 24.3 Å². The SMILES string of the molecule is C=CCCC(=O)OC[C@H](NC(=O)[C@@H]1[C@H]2O[C@@]3(CC2Br)[C@H](C(=O)N(CC=C)CCCC)N([C@@H](CC)CO)C(=O)[C@@H]13)c1ccccc1. The summed E-state index contributed by atoms with van der Waals surface area (Å²) in [4.78, 5) is 58.3. The summed E-state index contributed by atoms with van der Waals surface area (Å²) in [5, 5.41) is 13.4. The molecule has 1 aromatic rings. The van der Waals surface area contributed by atoms with Crippen LogP contribution in [0.25, 0.3) is 0 Å². The molecule has 1 spiro atoms. The van der Waals surface area contributed by atoms with Crippen molar-refractivity contribution in [3.8, 4) is 0 Å². The molecule has 1 aromatic carbocycles. The molecule has 3 aliphatic rings. The van der Waals surface area contributed by atoms with E-state index in [-0.39, 0.29) is 36.3 Å². The van der Waals surface area contributed by atoms with Crippen LogP contribution in [0, 0.1) is 11.8 Å². The fourth-order valence-electron chi connectivity index (χ4n) is 7.07. The molecule has 0 aromatic heterocycles. The Morgan fingerprint density at radius 3 is 2.60 bits per heavy atom. The quantitative estimate of drug-likeness (QED) is 0.145. The lowest BCUT2D eigenvalue weighted by atomic mass is 9.70. The summed E-state index contributed by atoms with van der Waals surface area (Å²) in [5.74, 6) is -3.28. The van der Waals surface area contributed by atoms with Crippen molar-refractivity contribution in [2.75, 3.05) is 26.3 Å². The van der Waals surface area contributed by atoms with E-state index in [1.54, 1.807) is 17.1 Å². The molecule has 0 saturated carbocycles. The van der Waals surface area contributed by atoms with E-state index >= 15 is 0 Å². The second kappa shape index (κ2) is 15.5. The van der Waals surface area contributed by atoms with Gasteiger partial charge in [-0.3, -0.25) is 19.2 Å². The molecule has 3 aliphatic heterocycles. The third-order valence-electron chi connectivity index (χ3n) is 9.26. The first-order valence-electron chi connectivity index (χ1n) is 15.9. The Labute approximate surface area is 274 Å². The molecule has 3 heterocycles. The Bertz CT molecular complexity index is 1240. The number of benzene rings is 1. The monoisotopic (exact) mass is 687 g/mol. The first-order valence-corrected chi connectivity index (χ1v) is 16.9. The summed E-state index contributed by atoms with van der Waals surface area (Å²) in [6.45, 7) is 11.8. The maximum absolute atomic E-state index is 14.4. The zero-order valence-electron chi connectivity index (χ0n) is 26.2. The molecule has 10 nitrogen and oxygen atoms in total. The number of rotatable bonds is 17. The van der Waals surface area contributed by atoms with Gasteiger partial charge < -0.3 is 29.7 Å². The van der Waals surface area contributed by atoms with Gasteiger partial charge in [0.05, 0.1) is 36.6 Å². The van der Waals surface area contributed by atoms with Gasteiger partial charge in [0.2, 0.25) is 17.7 Å². The van der Waals surface area contributed by atoms with Gasteiger partial charge in [0.15, 0.2) is 0 Å². The average molecular weight is 689 g/mol. The van der Waals surface area contributed by atoms with Gasteiger partial charge in [-0.1, -0.05) is 78.7 Å². The highest BCUT2D eigenvalue weighted by atomic mass is 79.9.